The first-order valence-electron chi connectivity index (χ1n) is 6.72. The number of hydrogen-bond donors (Lipinski definition) is 0. The molecule has 2 heterocycles. The van der Waals surface area contributed by atoms with Gasteiger partial charge in [0.1, 0.15) is 6.61 Å². The second-order valence-corrected chi connectivity index (χ2v) is 6.36. The number of hydrogen-bond acceptors (Lipinski definition) is 4. The molecule has 2 aliphatic rings. The number of nitrogens with zero attached hydrogens (tertiary/aromatic N) is 2. The van der Waals surface area contributed by atoms with Crippen LogP contribution in [0.2, 0.25) is 5.02 Å². The molecule has 3 rings (SSSR count). The summed E-state index contributed by atoms with van der Waals surface area (Å²) in [5, 5.41) is 0.679. The van der Waals surface area contributed by atoms with E-state index in [9.17, 15) is 4.79 Å². The topological polar surface area (TPSA) is 32.8 Å². The van der Waals surface area contributed by atoms with Gasteiger partial charge in [-0.3, -0.25) is 9.21 Å². The first-order chi connectivity index (χ1) is 9.69. The fourth-order valence-electron chi connectivity index (χ4n) is 2.84. The lowest BCUT2D eigenvalue weighted by atomic mass is 10.0. The molecule has 1 amide bonds. The van der Waals surface area contributed by atoms with Crippen molar-refractivity contribution in [3.63, 3.8) is 0 Å². The third-order valence-electron chi connectivity index (χ3n) is 3.90. The number of halogens is 1. The van der Waals surface area contributed by atoms with Gasteiger partial charge in [-0.15, -0.1) is 0 Å². The third kappa shape index (κ3) is 2.62. The zero-order valence-corrected chi connectivity index (χ0v) is 12.9. The summed E-state index contributed by atoms with van der Waals surface area (Å²) in [4.78, 5) is 14.0. The highest BCUT2D eigenvalue weighted by molar-refractivity contribution is 7.96. The van der Waals surface area contributed by atoms with E-state index in [1.807, 2.05) is 23.1 Å². The summed E-state index contributed by atoms with van der Waals surface area (Å²) in [5.74, 6) is 0. The number of fused-ring (bicyclic) bond motifs is 1. The zero-order valence-electron chi connectivity index (χ0n) is 11.3. The Morgan fingerprint density at radius 3 is 2.80 bits per heavy atom. The second kappa shape index (κ2) is 5.84. The molecule has 0 bridgehead atoms. The zero-order chi connectivity index (χ0) is 14.1. The number of anilines is 1. The predicted octanol–water partition coefficient (Wildman–Crippen LogP) is 3.54. The maximum Gasteiger partial charge on any atom is 0.414 e. The summed E-state index contributed by atoms with van der Waals surface area (Å²) in [6, 6.07) is 5.86. The number of carbonyl (C=O) groups excluding carboxylic acids is 1. The molecule has 108 valence electrons. The van der Waals surface area contributed by atoms with Gasteiger partial charge in [-0.25, -0.2) is 4.79 Å². The van der Waals surface area contributed by atoms with Crippen molar-refractivity contribution in [1.82, 2.24) is 4.31 Å². The van der Waals surface area contributed by atoms with Crippen molar-refractivity contribution in [2.75, 3.05) is 24.2 Å². The fourth-order valence-corrected chi connectivity index (χ4v) is 3.61. The molecule has 6 heteroatoms. The Hall–Kier alpha value is -0.910. The molecule has 0 N–H and O–H groups in total. The smallest absolute Gasteiger partial charge is 0.414 e. The number of piperidine rings is 1. The lowest BCUT2D eigenvalue weighted by Gasteiger charge is -2.39. The minimum absolute atomic E-state index is 0.214. The van der Waals surface area contributed by atoms with Crippen molar-refractivity contribution in [3.8, 4) is 0 Å². The van der Waals surface area contributed by atoms with Crippen LogP contribution in [0, 0.1) is 0 Å². The summed E-state index contributed by atoms with van der Waals surface area (Å²) in [6.45, 7) is 2.31. The average Bonchev–Trinajstić information content (AvgIpc) is 2.48. The van der Waals surface area contributed by atoms with Gasteiger partial charge in [-0.1, -0.05) is 23.5 Å². The minimum atomic E-state index is -0.234. The molecule has 4 nitrogen and oxygen atoms in total. The molecular formula is C14H17ClN2O2S. The summed E-state index contributed by atoms with van der Waals surface area (Å²) >= 11 is 7.78. The first kappa shape index (κ1) is 14.0. The van der Waals surface area contributed by atoms with Crippen LogP contribution in [-0.2, 0) is 11.3 Å². The highest BCUT2D eigenvalue weighted by atomic mass is 35.5. The van der Waals surface area contributed by atoms with Gasteiger partial charge < -0.3 is 4.74 Å². The molecule has 0 saturated carbocycles. The number of amides is 1. The highest BCUT2D eigenvalue weighted by Crippen LogP contribution is 2.34. The van der Waals surface area contributed by atoms with Crippen molar-refractivity contribution in [2.24, 2.45) is 0 Å². The van der Waals surface area contributed by atoms with Crippen molar-refractivity contribution < 1.29 is 9.53 Å². The van der Waals surface area contributed by atoms with E-state index in [0.717, 1.165) is 37.2 Å². The van der Waals surface area contributed by atoms with Gasteiger partial charge in [-0.2, -0.15) is 0 Å². The average molecular weight is 313 g/mol. The van der Waals surface area contributed by atoms with Crippen molar-refractivity contribution >= 4 is 35.3 Å². The summed E-state index contributed by atoms with van der Waals surface area (Å²) < 4.78 is 7.62. The van der Waals surface area contributed by atoms with E-state index in [1.165, 1.54) is 0 Å². The highest BCUT2D eigenvalue weighted by Gasteiger charge is 2.34. The third-order valence-corrected chi connectivity index (χ3v) is 5.01. The van der Waals surface area contributed by atoms with Crippen LogP contribution in [0.5, 0.6) is 0 Å². The van der Waals surface area contributed by atoms with E-state index in [4.69, 9.17) is 16.3 Å². The van der Waals surface area contributed by atoms with E-state index in [1.54, 1.807) is 11.9 Å². The normalized spacial score (nSPS) is 20.7. The fraction of sp³-hybridized carbons (Fsp3) is 0.500. The van der Waals surface area contributed by atoms with E-state index in [0.29, 0.717) is 11.6 Å². The van der Waals surface area contributed by atoms with Gasteiger partial charge in [0, 0.05) is 29.7 Å². The van der Waals surface area contributed by atoms with Gasteiger partial charge in [0.2, 0.25) is 0 Å². The monoisotopic (exact) mass is 312 g/mol. The summed E-state index contributed by atoms with van der Waals surface area (Å²) in [6.07, 6.45) is 3.80. The number of rotatable bonds is 2. The summed E-state index contributed by atoms with van der Waals surface area (Å²) in [7, 11) is 0. The maximum atomic E-state index is 12.1. The van der Waals surface area contributed by atoms with Gasteiger partial charge >= 0.3 is 6.09 Å². The standard InChI is InChI=1S/C14H17ClN2O2S/c1-20-16-6-4-12(5-7-16)17-13-3-2-11(15)8-10(13)9-19-14(17)18/h2-3,8,12H,4-7,9H2,1H3. The molecule has 1 aromatic carbocycles. The van der Waals surface area contributed by atoms with Crippen LogP contribution in [0.15, 0.2) is 18.2 Å². The van der Waals surface area contributed by atoms with Crippen LogP contribution in [-0.4, -0.2) is 35.8 Å². The van der Waals surface area contributed by atoms with Crippen molar-refractivity contribution in [1.29, 1.82) is 0 Å². The quantitative estimate of drug-likeness (QED) is 0.782. The van der Waals surface area contributed by atoms with E-state index in [-0.39, 0.29) is 12.1 Å². The van der Waals surface area contributed by atoms with Crippen LogP contribution >= 0.6 is 23.5 Å². The molecule has 1 saturated heterocycles. The Labute approximate surface area is 128 Å². The lowest BCUT2D eigenvalue weighted by Crippen LogP contribution is -2.48. The Morgan fingerprint density at radius 2 is 2.10 bits per heavy atom. The van der Waals surface area contributed by atoms with E-state index >= 15 is 0 Å². The van der Waals surface area contributed by atoms with Crippen molar-refractivity contribution in [2.45, 2.75) is 25.5 Å². The Bertz CT molecular complexity index is 518. The summed E-state index contributed by atoms with van der Waals surface area (Å²) in [5.41, 5.74) is 1.94. The molecule has 2 aliphatic heterocycles. The molecule has 0 spiro atoms. The molecule has 0 aromatic heterocycles. The Kier molecular flexibility index (Phi) is 4.10. The van der Waals surface area contributed by atoms with Gasteiger partial charge in [0.25, 0.3) is 0 Å². The maximum absolute atomic E-state index is 12.1. The minimum Gasteiger partial charge on any atom is -0.444 e. The number of cyclic esters (lactones) is 1. The molecule has 0 atom stereocenters. The number of ether oxygens (including phenoxy) is 1. The molecule has 0 unspecified atom stereocenters. The molecule has 20 heavy (non-hydrogen) atoms. The Morgan fingerprint density at radius 1 is 1.35 bits per heavy atom. The van der Waals surface area contributed by atoms with Gasteiger partial charge in [-0.05, 0) is 37.3 Å². The first-order valence-corrected chi connectivity index (χ1v) is 8.28. The Balaban J connectivity index is 1.84. The van der Waals surface area contributed by atoms with Crippen molar-refractivity contribution in [3.05, 3.63) is 28.8 Å². The largest absolute Gasteiger partial charge is 0.444 e. The van der Waals surface area contributed by atoms with Gasteiger partial charge in [0.05, 0.1) is 5.69 Å². The molecule has 1 fully saturated rings. The molecular weight excluding hydrogens is 296 g/mol. The van der Waals surface area contributed by atoms with Crippen LogP contribution in [0.25, 0.3) is 0 Å². The van der Waals surface area contributed by atoms with Crippen LogP contribution < -0.4 is 4.90 Å². The number of carbonyl (C=O) groups is 1. The van der Waals surface area contributed by atoms with E-state index in [2.05, 4.69) is 10.6 Å². The van der Waals surface area contributed by atoms with Crippen LogP contribution in [0.3, 0.4) is 0 Å². The second-order valence-electron chi connectivity index (χ2n) is 5.04. The SMILES string of the molecule is CSN1CCC(N2C(=O)OCc3cc(Cl)ccc32)CC1. The van der Waals surface area contributed by atoms with E-state index < -0.39 is 0 Å². The lowest BCUT2D eigenvalue weighted by molar-refractivity contribution is 0.136. The molecule has 0 radical (unpaired) electrons. The predicted molar refractivity (Wildman–Crippen MR) is 82.2 cm³/mol. The molecule has 1 aromatic rings. The van der Waals surface area contributed by atoms with Crippen LogP contribution in [0.1, 0.15) is 18.4 Å². The van der Waals surface area contributed by atoms with Gasteiger partial charge in [0.15, 0.2) is 0 Å². The molecule has 0 aliphatic carbocycles. The van der Waals surface area contributed by atoms with Crippen LogP contribution in [0.4, 0.5) is 10.5 Å². The number of benzene rings is 1.